The van der Waals surface area contributed by atoms with Crippen LogP contribution in [0.4, 0.5) is 22.7 Å². The summed E-state index contributed by atoms with van der Waals surface area (Å²) in [5, 5.41) is 3.48. The molecule has 0 heterocycles. The summed E-state index contributed by atoms with van der Waals surface area (Å²) < 4.78 is 0. The maximum Gasteiger partial charge on any atom is 0.0923 e. The van der Waals surface area contributed by atoms with Crippen LogP contribution in [-0.4, -0.2) is 0 Å². The second-order valence-corrected chi connectivity index (χ2v) is 10.6. The normalized spacial score (nSPS) is 16.3. The molecule has 0 radical (unpaired) electrons. The highest BCUT2D eigenvalue weighted by Crippen LogP contribution is 2.46. The molecule has 1 N–H and O–H groups in total. The molecule has 0 fully saturated rings. The molecule has 0 bridgehead atoms. The van der Waals surface area contributed by atoms with E-state index in [4.69, 9.17) is 0 Å². The van der Waals surface area contributed by atoms with E-state index >= 15 is 0 Å². The summed E-state index contributed by atoms with van der Waals surface area (Å²) >= 11 is 0. The van der Waals surface area contributed by atoms with Gasteiger partial charge in [0.25, 0.3) is 0 Å². The number of nitrogens with zero attached hydrogens (tertiary/aromatic N) is 1. The zero-order valence-corrected chi connectivity index (χ0v) is 23.1. The zero-order valence-electron chi connectivity index (χ0n) is 23.1. The molecule has 0 spiro atoms. The van der Waals surface area contributed by atoms with Crippen molar-refractivity contribution in [1.29, 1.82) is 0 Å². The number of anilines is 4. The van der Waals surface area contributed by atoms with Crippen molar-refractivity contribution in [2.75, 3.05) is 10.2 Å². The number of nitrogens with one attached hydrogen (secondary N) is 1. The molecular weight excluding hydrogens is 484 g/mol. The van der Waals surface area contributed by atoms with E-state index in [-0.39, 0.29) is 5.54 Å². The summed E-state index contributed by atoms with van der Waals surface area (Å²) in [6, 6.07) is 47.6. The minimum absolute atomic E-state index is 0.374. The van der Waals surface area contributed by atoms with E-state index in [0.717, 1.165) is 17.8 Å². The van der Waals surface area contributed by atoms with Gasteiger partial charge in [0, 0.05) is 22.7 Å². The second kappa shape index (κ2) is 11.1. The van der Waals surface area contributed by atoms with Crippen molar-refractivity contribution in [2.24, 2.45) is 0 Å². The number of benzene rings is 5. The molecule has 2 nitrogen and oxygen atoms in total. The van der Waals surface area contributed by atoms with Gasteiger partial charge in [-0.05, 0) is 96.6 Å². The molecule has 5 aromatic carbocycles. The van der Waals surface area contributed by atoms with Crippen LogP contribution < -0.4 is 10.2 Å². The molecular formula is C38H34N2. The lowest BCUT2D eigenvalue weighted by molar-refractivity contribution is 0.548. The van der Waals surface area contributed by atoms with Crippen molar-refractivity contribution in [3.63, 3.8) is 0 Å². The van der Waals surface area contributed by atoms with Gasteiger partial charge >= 0.3 is 0 Å². The second-order valence-electron chi connectivity index (χ2n) is 10.6. The zero-order chi connectivity index (χ0) is 27.4. The van der Waals surface area contributed by atoms with Gasteiger partial charge in [-0.3, -0.25) is 0 Å². The lowest BCUT2D eigenvalue weighted by Gasteiger charge is -2.45. The van der Waals surface area contributed by atoms with Gasteiger partial charge in [0.15, 0.2) is 0 Å². The Balaban J connectivity index is 1.39. The summed E-state index contributed by atoms with van der Waals surface area (Å²) in [7, 11) is 0. The Bertz CT molecular complexity index is 1600. The van der Waals surface area contributed by atoms with Crippen LogP contribution >= 0.6 is 0 Å². The summed E-state index contributed by atoms with van der Waals surface area (Å²) in [6.07, 6.45) is 7.94. The van der Waals surface area contributed by atoms with Gasteiger partial charge in [-0.15, -0.1) is 0 Å². The quantitative estimate of drug-likeness (QED) is 0.231. The van der Waals surface area contributed by atoms with E-state index in [1.807, 2.05) is 18.2 Å². The molecule has 2 heteroatoms. The lowest BCUT2D eigenvalue weighted by Crippen LogP contribution is -2.42. The van der Waals surface area contributed by atoms with Gasteiger partial charge in [-0.2, -0.15) is 0 Å². The number of hydrogen-bond donors (Lipinski definition) is 1. The molecule has 0 saturated heterocycles. The topological polar surface area (TPSA) is 15.3 Å². The van der Waals surface area contributed by atoms with E-state index in [9.17, 15) is 0 Å². The van der Waals surface area contributed by atoms with Crippen LogP contribution in [-0.2, 0) is 5.54 Å². The number of hydrogen-bond acceptors (Lipinski definition) is 2. The van der Waals surface area contributed by atoms with Gasteiger partial charge in [-0.1, -0.05) is 103 Å². The van der Waals surface area contributed by atoms with Crippen LogP contribution in [0.15, 0.2) is 152 Å². The standard InChI is InChI=1S/C38H34N2/c1-29-11-9-17-36(27-29)40(37-18-10-12-30(2)28-37)38(33-13-5-3-6-14-33)25-23-32(24-26-38)31-19-21-35(22-20-31)39-34-15-7-4-8-16-34/h3-25,27-28,39H,26H2,1-2H3. The van der Waals surface area contributed by atoms with E-state index in [2.05, 4.69) is 158 Å². The molecule has 0 aromatic heterocycles. The average Bonchev–Trinajstić information content (AvgIpc) is 2.99. The van der Waals surface area contributed by atoms with E-state index in [1.165, 1.54) is 39.2 Å². The predicted octanol–water partition coefficient (Wildman–Crippen LogP) is 10.1. The predicted molar refractivity (Wildman–Crippen MR) is 171 cm³/mol. The van der Waals surface area contributed by atoms with E-state index in [1.54, 1.807) is 0 Å². The first-order valence-electron chi connectivity index (χ1n) is 13.9. The number of allylic oxidation sites excluding steroid dienone is 2. The Morgan fingerprint density at radius 1 is 0.600 bits per heavy atom. The van der Waals surface area contributed by atoms with Crippen LogP contribution in [0, 0.1) is 13.8 Å². The van der Waals surface area contributed by atoms with E-state index < -0.39 is 0 Å². The van der Waals surface area contributed by atoms with Crippen molar-refractivity contribution in [2.45, 2.75) is 25.8 Å². The molecule has 1 aliphatic carbocycles. The average molecular weight is 519 g/mol. The van der Waals surface area contributed by atoms with Crippen LogP contribution in [0.1, 0.15) is 28.7 Å². The highest BCUT2D eigenvalue weighted by molar-refractivity contribution is 5.79. The van der Waals surface area contributed by atoms with Crippen molar-refractivity contribution in [3.05, 3.63) is 174 Å². The fourth-order valence-corrected chi connectivity index (χ4v) is 5.66. The number of para-hydroxylation sites is 1. The Morgan fingerprint density at radius 3 is 1.73 bits per heavy atom. The number of aryl methyl sites for hydroxylation is 2. The fourth-order valence-electron chi connectivity index (χ4n) is 5.66. The summed E-state index contributed by atoms with van der Waals surface area (Å²) in [5.41, 5.74) is 10.4. The Labute approximate surface area is 238 Å². The summed E-state index contributed by atoms with van der Waals surface area (Å²) in [6.45, 7) is 4.33. The van der Waals surface area contributed by atoms with Crippen LogP contribution in [0.5, 0.6) is 0 Å². The number of rotatable bonds is 7. The van der Waals surface area contributed by atoms with Crippen molar-refractivity contribution < 1.29 is 0 Å². The van der Waals surface area contributed by atoms with Crippen molar-refractivity contribution >= 4 is 28.3 Å². The summed E-state index contributed by atoms with van der Waals surface area (Å²) in [5.74, 6) is 0. The maximum absolute atomic E-state index is 3.48. The third-order valence-corrected chi connectivity index (χ3v) is 7.64. The molecule has 0 saturated carbocycles. The highest BCUT2D eigenvalue weighted by Gasteiger charge is 2.38. The van der Waals surface area contributed by atoms with Crippen molar-refractivity contribution in [3.8, 4) is 0 Å². The smallest absolute Gasteiger partial charge is 0.0923 e. The SMILES string of the molecule is Cc1cccc(N(c2cccc(C)c2)C2(c3ccccc3)C=CC(c3ccc(Nc4ccccc4)cc3)=CC2)c1. The van der Waals surface area contributed by atoms with Gasteiger partial charge in [-0.25, -0.2) is 0 Å². The molecule has 5 aromatic rings. The Hall–Kier alpha value is -4.82. The molecule has 0 aliphatic heterocycles. The van der Waals surface area contributed by atoms with Crippen LogP contribution in [0.25, 0.3) is 5.57 Å². The Morgan fingerprint density at radius 2 is 1.18 bits per heavy atom. The van der Waals surface area contributed by atoms with Crippen molar-refractivity contribution in [1.82, 2.24) is 0 Å². The monoisotopic (exact) mass is 518 g/mol. The van der Waals surface area contributed by atoms with E-state index in [0.29, 0.717) is 0 Å². The molecule has 1 unspecified atom stereocenters. The van der Waals surface area contributed by atoms with Gasteiger partial charge in [0.2, 0.25) is 0 Å². The molecule has 1 atom stereocenters. The molecule has 40 heavy (non-hydrogen) atoms. The van der Waals surface area contributed by atoms with Gasteiger partial charge < -0.3 is 10.2 Å². The first-order chi connectivity index (χ1) is 19.6. The summed E-state index contributed by atoms with van der Waals surface area (Å²) in [4.78, 5) is 2.51. The molecule has 0 amide bonds. The minimum atomic E-state index is -0.374. The molecule has 1 aliphatic rings. The van der Waals surface area contributed by atoms with Gasteiger partial charge in [0.1, 0.15) is 0 Å². The highest BCUT2D eigenvalue weighted by atomic mass is 15.2. The molecule has 6 rings (SSSR count). The Kier molecular flexibility index (Phi) is 7.08. The lowest BCUT2D eigenvalue weighted by atomic mass is 9.78. The fraction of sp³-hybridized carbons (Fsp3) is 0.105. The third-order valence-electron chi connectivity index (χ3n) is 7.64. The van der Waals surface area contributed by atoms with Crippen LogP contribution in [0.2, 0.25) is 0 Å². The first-order valence-corrected chi connectivity index (χ1v) is 13.9. The first kappa shape index (κ1) is 25.5. The van der Waals surface area contributed by atoms with Crippen LogP contribution in [0.3, 0.4) is 0 Å². The third kappa shape index (κ3) is 5.21. The maximum atomic E-state index is 3.48. The largest absolute Gasteiger partial charge is 0.356 e. The molecule has 196 valence electrons. The minimum Gasteiger partial charge on any atom is -0.356 e. The van der Waals surface area contributed by atoms with Gasteiger partial charge in [0.05, 0.1) is 5.54 Å².